The van der Waals surface area contributed by atoms with E-state index < -0.39 is 0 Å². The first-order chi connectivity index (χ1) is 6.99. The molecule has 0 aromatic heterocycles. The second-order valence-corrected chi connectivity index (χ2v) is 3.58. The predicted octanol–water partition coefficient (Wildman–Crippen LogP) is 2.49. The van der Waals surface area contributed by atoms with Crippen LogP contribution in [-0.4, -0.2) is 17.7 Å². The highest BCUT2D eigenvalue weighted by molar-refractivity contribution is 5.93. The molecule has 0 spiro atoms. The Kier molecular flexibility index (Phi) is 3.35. The van der Waals surface area contributed by atoms with Crippen molar-refractivity contribution in [2.45, 2.75) is 27.7 Å². The molecule has 15 heavy (non-hydrogen) atoms. The van der Waals surface area contributed by atoms with Crippen LogP contribution >= 0.6 is 0 Å². The molecule has 0 heterocycles. The molecule has 0 unspecified atom stereocenters. The van der Waals surface area contributed by atoms with Gasteiger partial charge in [-0.15, -0.1) is 0 Å². The number of esters is 1. The lowest BCUT2D eigenvalue weighted by Gasteiger charge is -2.12. The van der Waals surface area contributed by atoms with Gasteiger partial charge < -0.3 is 9.84 Å². The lowest BCUT2D eigenvalue weighted by Crippen LogP contribution is -2.09. The number of carbonyl (C=O) groups excluding carboxylic acids is 1. The fourth-order valence-electron chi connectivity index (χ4n) is 1.69. The van der Waals surface area contributed by atoms with Crippen molar-refractivity contribution in [1.29, 1.82) is 0 Å². The van der Waals surface area contributed by atoms with Crippen LogP contribution < -0.4 is 0 Å². The molecular formula is C12H16O3. The Hall–Kier alpha value is -1.51. The van der Waals surface area contributed by atoms with E-state index in [2.05, 4.69) is 0 Å². The summed E-state index contributed by atoms with van der Waals surface area (Å²) in [6, 6.07) is 1.79. The van der Waals surface area contributed by atoms with Gasteiger partial charge >= 0.3 is 5.97 Å². The van der Waals surface area contributed by atoms with Gasteiger partial charge in [0.2, 0.25) is 0 Å². The van der Waals surface area contributed by atoms with Crippen molar-refractivity contribution in [3.8, 4) is 5.75 Å². The first kappa shape index (κ1) is 11.6. The molecule has 0 radical (unpaired) electrons. The fourth-order valence-corrected chi connectivity index (χ4v) is 1.69. The zero-order chi connectivity index (χ0) is 11.6. The van der Waals surface area contributed by atoms with Crippen LogP contribution in [0.15, 0.2) is 6.07 Å². The van der Waals surface area contributed by atoms with Gasteiger partial charge in [0.1, 0.15) is 5.75 Å². The van der Waals surface area contributed by atoms with E-state index in [1.54, 1.807) is 19.9 Å². The number of phenolic OH excluding ortho intramolecular Hbond substituents is 1. The molecule has 3 heteroatoms. The Bertz CT molecular complexity index is 394. The van der Waals surface area contributed by atoms with E-state index in [9.17, 15) is 9.90 Å². The standard InChI is InChI=1S/C12H16O3/c1-5-15-12(14)10-7(2)6-8(3)11(13)9(10)4/h6,13H,5H2,1-4H3. The van der Waals surface area contributed by atoms with E-state index in [0.29, 0.717) is 17.7 Å². The number of aromatic hydroxyl groups is 1. The number of rotatable bonds is 2. The van der Waals surface area contributed by atoms with Gasteiger partial charge in [-0.2, -0.15) is 0 Å². The Labute approximate surface area is 89.7 Å². The molecule has 0 saturated carbocycles. The molecule has 1 rings (SSSR count). The molecule has 0 fully saturated rings. The Morgan fingerprint density at radius 3 is 2.47 bits per heavy atom. The number of phenols is 1. The maximum atomic E-state index is 11.6. The van der Waals surface area contributed by atoms with Gasteiger partial charge in [-0.1, -0.05) is 6.07 Å². The molecule has 0 saturated heterocycles. The summed E-state index contributed by atoms with van der Waals surface area (Å²) in [4.78, 5) is 11.6. The molecule has 0 aliphatic carbocycles. The zero-order valence-electron chi connectivity index (χ0n) is 9.55. The van der Waals surface area contributed by atoms with E-state index in [0.717, 1.165) is 11.1 Å². The Morgan fingerprint density at radius 1 is 1.33 bits per heavy atom. The minimum atomic E-state index is -0.372. The summed E-state index contributed by atoms with van der Waals surface area (Å²) in [5.74, 6) is -0.202. The third-order valence-electron chi connectivity index (χ3n) is 2.41. The van der Waals surface area contributed by atoms with Gasteiger partial charge in [0.05, 0.1) is 12.2 Å². The van der Waals surface area contributed by atoms with Crippen LogP contribution in [0.4, 0.5) is 0 Å². The monoisotopic (exact) mass is 208 g/mol. The lowest BCUT2D eigenvalue weighted by molar-refractivity contribution is 0.0524. The molecule has 0 bridgehead atoms. The molecule has 0 aliphatic heterocycles. The molecule has 0 amide bonds. The van der Waals surface area contributed by atoms with Crippen molar-refractivity contribution >= 4 is 5.97 Å². The SMILES string of the molecule is CCOC(=O)c1c(C)cc(C)c(O)c1C. The molecule has 0 atom stereocenters. The van der Waals surface area contributed by atoms with E-state index in [1.807, 2.05) is 13.8 Å². The summed E-state index contributed by atoms with van der Waals surface area (Å²) in [6.07, 6.45) is 0. The van der Waals surface area contributed by atoms with Crippen molar-refractivity contribution in [2.75, 3.05) is 6.61 Å². The first-order valence-electron chi connectivity index (χ1n) is 4.95. The maximum absolute atomic E-state index is 11.6. The molecular weight excluding hydrogens is 192 g/mol. The highest BCUT2D eigenvalue weighted by atomic mass is 16.5. The van der Waals surface area contributed by atoms with E-state index in [4.69, 9.17) is 4.74 Å². The van der Waals surface area contributed by atoms with Crippen LogP contribution in [0.1, 0.15) is 34.0 Å². The van der Waals surface area contributed by atoms with Gasteiger partial charge in [-0.25, -0.2) is 4.79 Å². The number of hydrogen-bond donors (Lipinski definition) is 1. The predicted molar refractivity (Wildman–Crippen MR) is 58.3 cm³/mol. The molecule has 3 nitrogen and oxygen atoms in total. The van der Waals surface area contributed by atoms with Crippen molar-refractivity contribution in [3.63, 3.8) is 0 Å². The van der Waals surface area contributed by atoms with Crippen LogP contribution in [0.5, 0.6) is 5.75 Å². The number of carbonyl (C=O) groups is 1. The molecule has 1 N–H and O–H groups in total. The topological polar surface area (TPSA) is 46.5 Å². The molecule has 1 aromatic carbocycles. The van der Waals surface area contributed by atoms with Crippen LogP contribution in [0.3, 0.4) is 0 Å². The minimum Gasteiger partial charge on any atom is -0.507 e. The highest BCUT2D eigenvalue weighted by Gasteiger charge is 2.17. The number of hydrogen-bond acceptors (Lipinski definition) is 3. The number of benzene rings is 1. The fraction of sp³-hybridized carbons (Fsp3) is 0.417. The Morgan fingerprint density at radius 2 is 1.93 bits per heavy atom. The quantitative estimate of drug-likeness (QED) is 0.759. The van der Waals surface area contributed by atoms with E-state index in [1.165, 1.54) is 0 Å². The lowest BCUT2D eigenvalue weighted by atomic mass is 9.98. The van der Waals surface area contributed by atoms with Crippen molar-refractivity contribution < 1.29 is 14.6 Å². The molecule has 1 aromatic rings. The third kappa shape index (κ3) is 2.12. The number of ether oxygens (including phenoxy) is 1. The summed E-state index contributed by atoms with van der Waals surface area (Å²) in [6.45, 7) is 7.47. The van der Waals surface area contributed by atoms with Crippen molar-refractivity contribution in [3.05, 3.63) is 28.3 Å². The highest BCUT2D eigenvalue weighted by Crippen LogP contribution is 2.28. The van der Waals surface area contributed by atoms with Gasteiger partial charge in [-0.05, 0) is 38.8 Å². The minimum absolute atomic E-state index is 0.170. The van der Waals surface area contributed by atoms with Gasteiger partial charge in [0.25, 0.3) is 0 Å². The average Bonchev–Trinajstić information content (AvgIpc) is 2.15. The van der Waals surface area contributed by atoms with Crippen LogP contribution in [0, 0.1) is 20.8 Å². The molecule has 82 valence electrons. The normalized spacial score (nSPS) is 10.1. The van der Waals surface area contributed by atoms with E-state index in [-0.39, 0.29) is 11.7 Å². The largest absolute Gasteiger partial charge is 0.507 e. The van der Waals surface area contributed by atoms with Gasteiger partial charge in [0, 0.05) is 5.56 Å². The zero-order valence-corrected chi connectivity index (χ0v) is 9.55. The smallest absolute Gasteiger partial charge is 0.338 e. The maximum Gasteiger partial charge on any atom is 0.338 e. The average molecular weight is 208 g/mol. The number of aryl methyl sites for hydroxylation is 2. The summed E-state index contributed by atoms with van der Waals surface area (Å²) in [5, 5.41) is 9.72. The van der Waals surface area contributed by atoms with Crippen LogP contribution in [0.2, 0.25) is 0 Å². The summed E-state index contributed by atoms with van der Waals surface area (Å²) in [7, 11) is 0. The summed E-state index contributed by atoms with van der Waals surface area (Å²) < 4.78 is 4.93. The summed E-state index contributed by atoms with van der Waals surface area (Å²) in [5.41, 5.74) is 2.67. The first-order valence-corrected chi connectivity index (χ1v) is 4.95. The van der Waals surface area contributed by atoms with Gasteiger partial charge in [0.15, 0.2) is 0 Å². The van der Waals surface area contributed by atoms with Crippen molar-refractivity contribution in [1.82, 2.24) is 0 Å². The Balaban J connectivity index is 3.29. The second-order valence-electron chi connectivity index (χ2n) is 3.58. The van der Waals surface area contributed by atoms with Gasteiger partial charge in [-0.3, -0.25) is 0 Å². The van der Waals surface area contributed by atoms with E-state index >= 15 is 0 Å². The second kappa shape index (κ2) is 4.34. The molecule has 0 aliphatic rings. The summed E-state index contributed by atoms with van der Waals surface area (Å²) >= 11 is 0. The third-order valence-corrected chi connectivity index (χ3v) is 2.41. The van der Waals surface area contributed by atoms with Crippen molar-refractivity contribution in [2.24, 2.45) is 0 Å². The van der Waals surface area contributed by atoms with Crippen LogP contribution in [-0.2, 0) is 4.74 Å². The van der Waals surface area contributed by atoms with Crippen LogP contribution in [0.25, 0.3) is 0 Å².